The van der Waals surface area contributed by atoms with Crippen LogP contribution in [0.2, 0.25) is 0 Å². The van der Waals surface area contributed by atoms with Crippen LogP contribution in [0, 0.1) is 0 Å². The molecular weight excluding hydrogens is 348 g/mol. The van der Waals surface area contributed by atoms with Crippen molar-refractivity contribution in [1.29, 1.82) is 0 Å². The summed E-state index contributed by atoms with van der Waals surface area (Å²) in [6.07, 6.45) is 4.77. The molecule has 144 valence electrons. The van der Waals surface area contributed by atoms with E-state index in [4.69, 9.17) is 4.74 Å². The fourth-order valence-electron chi connectivity index (χ4n) is 4.06. The number of nitrogens with one attached hydrogen (secondary N) is 1. The van der Waals surface area contributed by atoms with Crippen LogP contribution in [0.15, 0.2) is 66.4 Å². The lowest BCUT2D eigenvalue weighted by atomic mass is 9.96. The minimum absolute atomic E-state index is 0.182. The molecule has 0 fully saturated rings. The minimum atomic E-state index is -0.182. The number of hydrogen-bond donors (Lipinski definition) is 1. The molecule has 4 heteroatoms. The van der Waals surface area contributed by atoms with E-state index < -0.39 is 0 Å². The number of fused-ring (bicyclic) bond motifs is 1. The minimum Gasteiger partial charge on any atom is -0.463 e. The lowest BCUT2D eigenvalue weighted by molar-refractivity contribution is -0.138. The maximum absolute atomic E-state index is 12.6. The molecule has 0 amide bonds. The van der Waals surface area contributed by atoms with Crippen molar-refractivity contribution >= 4 is 22.6 Å². The second kappa shape index (κ2) is 8.34. The Balaban J connectivity index is 1.64. The Morgan fingerprint density at radius 2 is 1.89 bits per heavy atom. The van der Waals surface area contributed by atoms with Crippen LogP contribution in [0.25, 0.3) is 16.6 Å². The van der Waals surface area contributed by atoms with Gasteiger partial charge >= 0.3 is 5.97 Å². The largest absolute Gasteiger partial charge is 0.463 e. The summed E-state index contributed by atoms with van der Waals surface area (Å²) in [6, 6.07) is 18.6. The third-order valence-corrected chi connectivity index (χ3v) is 5.35. The lowest BCUT2D eigenvalue weighted by Gasteiger charge is -2.33. The molecule has 0 saturated heterocycles. The molecule has 0 atom stereocenters. The van der Waals surface area contributed by atoms with Crippen molar-refractivity contribution in [1.82, 2.24) is 9.88 Å². The van der Waals surface area contributed by atoms with Crippen LogP contribution >= 0.6 is 0 Å². The zero-order chi connectivity index (χ0) is 19.3. The van der Waals surface area contributed by atoms with E-state index in [0.717, 1.165) is 49.2 Å². The van der Waals surface area contributed by atoms with Crippen molar-refractivity contribution in [2.24, 2.45) is 0 Å². The molecule has 0 aliphatic carbocycles. The normalized spacial score (nSPS) is 14.5. The molecule has 0 spiro atoms. The third-order valence-electron chi connectivity index (χ3n) is 5.35. The Morgan fingerprint density at radius 1 is 1.11 bits per heavy atom. The number of hydrogen-bond acceptors (Lipinski definition) is 3. The smallest absolute Gasteiger partial charge is 0.336 e. The first-order chi connectivity index (χ1) is 13.8. The van der Waals surface area contributed by atoms with Crippen LogP contribution in [0.1, 0.15) is 30.9 Å². The van der Waals surface area contributed by atoms with E-state index in [-0.39, 0.29) is 5.97 Å². The third kappa shape index (κ3) is 3.68. The average Bonchev–Trinajstić information content (AvgIpc) is 3.16. The first-order valence-electron chi connectivity index (χ1n) is 10.0. The first kappa shape index (κ1) is 18.4. The molecule has 4 nitrogen and oxygen atoms in total. The SMILES string of the molecule is CCOC(=O)C1=C(c2ccccc2)N(CCc2c[nH]c3ccccc23)CCC1. The van der Waals surface area contributed by atoms with Crippen LogP contribution < -0.4 is 0 Å². The summed E-state index contributed by atoms with van der Waals surface area (Å²) in [4.78, 5) is 18.3. The molecule has 1 aliphatic heterocycles. The fraction of sp³-hybridized carbons (Fsp3) is 0.292. The highest BCUT2D eigenvalue weighted by molar-refractivity contribution is 5.97. The number of nitrogens with zero attached hydrogens (tertiary/aromatic N) is 1. The van der Waals surface area contributed by atoms with E-state index in [9.17, 15) is 4.79 Å². The van der Waals surface area contributed by atoms with Crippen molar-refractivity contribution < 1.29 is 9.53 Å². The van der Waals surface area contributed by atoms with Gasteiger partial charge < -0.3 is 14.6 Å². The van der Waals surface area contributed by atoms with Crippen LogP contribution in [0.5, 0.6) is 0 Å². The molecular formula is C24H26N2O2. The van der Waals surface area contributed by atoms with Crippen LogP contribution in [-0.2, 0) is 16.0 Å². The Labute approximate surface area is 165 Å². The molecule has 4 rings (SSSR count). The number of esters is 1. The predicted octanol–water partition coefficient (Wildman–Crippen LogP) is 4.78. The van der Waals surface area contributed by atoms with E-state index in [1.165, 1.54) is 16.5 Å². The van der Waals surface area contributed by atoms with Gasteiger partial charge in [0.1, 0.15) is 0 Å². The van der Waals surface area contributed by atoms with E-state index in [2.05, 4.69) is 52.5 Å². The fourth-order valence-corrected chi connectivity index (χ4v) is 4.06. The summed E-state index contributed by atoms with van der Waals surface area (Å²) in [7, 11) is 0. The van der Waals surface area contributed by atoms with E-state index in [0.29, 0.717) is 6.61 Å². The van der Waals surface area contributed by atoms with Gasteiger partial charge in [-0.25, -0.2) is 4.79 Å². The van der Waals surface area contributed by atoms with Gasteiger partial charge in [0.15, 0.2) is 0 Å². The first-order valence-corrected chi connectivity index (χ1v) is 10.0. The highest BCUT2D eigenvalue weighted by Gasteiger charge is 2.26. The summed E-state index contributed by atoms with van der Waals surface area (Å²) >= 11 is 0. The molecule has 1 aromatic heterocycles. The Hall–Kier alpha value is -3.01. The van der Waals surface area contributed by atoms with Crippen LogP contribution in [-0.4, -0.2) is 35.5 Å². The standard InChI is InChI=1S/C24H26N2O2/c1-2-28-24(27)21-12-8-15-26(23(21)18-9-4-3-5-10-18)16-14-19-17-25-22-13-7-6-11-20(19)22/h3-7,9-11,13,17,25H,2,8,12,14-16H2,1H3. The molecule has 2 aromatic carbocycles. The number of aromatic amines is 1. The second-order valence-corrected chi connectivity index (χ2v) is 7.11. The van der Waals surface area contributed by atoms with Gasteiger partial charge in [0.25, 0.3) is 0 Å². The zero-order valence-corrected chi connectivity index (χ0v) is 16.3. The predicted molar refractivity (Wildman–Crippen MR) is 113 cm³/mol. The Kier molecular flexibility index (Phi) is 5.47. The van der Waals surface area contributed by atoms with Gasteiger partial charge in [-0.3, -0.25) is 0 Å². The van der Waals surface area contributed by atoms with Crippen molar-refractivity contribution in [3.63, 3.8) is 0 Å². The monoisotopic (exact) mass is 374 g/mol. The highest BCUT2D eigenvalue weighted by Crippen LogP contribution is 2.32. The van der Waals surface area contributed by atoms with Crippen LogP contribution in [0.3, 0.4) is 0 Å². The number of carbonyl (C=O) groups excluding carboxylic acids is 1. The summed E-state index contributed by atoms with van der Waals surface area (Å²) < 4.78 is 5.36. The number of benzene rings is 2. The molecule has 2 heterocycles. The maximum Gasteiger partial charge on any atom is 0.336 e. The number of H-pyrrole nitrogens is 1. The quantitative estimate of drug-likeness (QED) is 0.632. The zero-order valence-electron chi connectivity index (χ0n) is 16.3. The molecule has 1 aliphatic rings. The second-order valence-electron chi connectivity index (χ2n) is 7.11. The summed E-state index contributed by atoms with van der Waals surface area (Å²) in [5, 5.41) is 1.27. The molecule has 0 saturated carbocycles. The number of carbonyl (C=O) groups is 1. The topological polar surface area (TPSA) is 45.3 Å². The van der Waals surface area contributed by atoms with Gasteiger partial charge in [-0.2, -0.15) is 0 Å². The summed E-state index contributed by atoms with van der Waals surface area (Å²) in [6.45, 7) is 4.09. The van der Waals surface area contributed by atoms with E-state index >= 15 is 0 Å². The molecule has 0 unspecified atom stereocenters. The van der Waals surface area contributed by atoms with Gasteiger partial charge in [0.2, 0.25) is 0 Å². The molecule has 0 radical (unpaired) electrons. The van der Waals surface area contributed by atoms with Gasteiger partial charge in [0.05, 0.1) is 17.9 Å². The maximum atomic E-state index is 12.6. The molecule has 28 heavy (non-hydrogen) atoms. The summed E-state index contributed by atoms with van der Waals surface area (Å²) in [5.74, 6) is -0.182. The van der Waals surface area contributed by atoms with Crippen molar-refractivity contribution in [2.45, 2.75) is 26.2 Å². The number of ether oxygens (including phenoxy) is 1. The molecule has 0 bridgehead atoms. The average molecular weight is 374 g/mol. The lowest BCUT2D eigenvalue weighted by Crippen LogP contribution is -2.32. The van der Waals surface area contributed by atoms with Gasteiger partial charge in [-0.1, -0.05) is 48.5 Å². The summed E-state index contributed by atoms with van der Waals surface area (Å²) in [5.41, 5.74) is 5.40. The molecule has 1 N–H and O–H groups in total. The number of rotatable bonds is 6. The van der Waals surface area contributed by atoms with Gasteiger partial charge in [-0.15, -0.1) is 0 Å². The van der Waals surface area contributed by atoms with Gasteiger partial charge in [0, 0.05) is 30.2 Å². The van der Waals surface area contributed by atoms with Crippen molar-refractivity contribution in [3.8, 4) is 0 Å². The van der Waals surface area contributed by atoms with Crippen molar-refractivity contribution in [3.05, 3.63) is 77.5 Å². The number of aromatic nitrogens is 1. The van der Waals surface area contributed by atoms with Crippen LogP contribution in [0.4, 0.5) is 0 Å². The Bertz CT molecular complexity index is 988. The highest BCUT2D eigenvalue weighted by atomic mass is 16.5. The van der Waals surface area contributed by atoms with E-state index in [1.54, 1.807) is 0 Å². The Morgan fingerprint density at radius 3 is 2.71 bits per heavy atom. The van der Waals surface area contributed by atoms with Gasteiger partial charge in [-0.05, 0) is 43.4 Å². The number of para-hydroxylation sites is 1. The van der Waals surface area contributed by atoms with Crippen molar-refractivity contribution in [2.75, 3.05) is 19.7 Å². The van der Waals surface area contributed by atoms with E-state index in [1.807, 2.05) is 25.1 Å². The molecule has 3 aromatic rings.